The molecule has 1 fully saturated rings. The minimum atomic E-state index is -0.262. The largest absolute Gasteiger partial charge is 0.428 e. The number of rotatable bonds is 5. The van der Waals surface area contributed by atoms with Crippen LogP contribution in [0.1, 0.15) is 19.8 Å². The Kier molecular flexibility index (Phi) is 6.22. The number of para-hydroxylation sites is 3. The van der Waals surface area contributed by atoms with Gasteiger partial charge in [-0.2, -0.15) is 4.48 Å². The van der Waals surface area contributed by atoms with Gasteiger partial charge in [0.25, 0.3) is 0 Å². The average Bonchev–Trinajstić information content (AvgIpc) is 3.53. The van der Waals surface area contributed by atoms with E-state index < -0.39 is 0 Å². The maximum absolute atomic E-state index is 13.7. The van der Waals surface area contributed by atoms with E-state index in [4.69, 9.17) is 0 Å². The number of anilines is 1. The summed E-state index contributed by atoms with van der Waals surface area (Å²) in [6, 6.07) is 23.1. The molecule has 1 aliphatic rings. The molecule has 1 N–H and O–H groups in total. The number of hydrogen-bond acceptors (Lipinski definition) is 4. The van der Waals surface area contributed by atoms with E-state index in [-0.39, 0.29) is 28.2 Å². The molecule has 1 unspecified atom stereocenters. The summed E-state index contributed by atoms with van der Waals surface area (Å²) in [6.07, 6.45) is 5.56. The third-order valence-corrected chi connectivity index (χ3v) is 7.55. The van der Waals surface area contributed by atoms with Crippen LogP contribution in [-0.4, -0.2) is 44.3 Å². The highest BCUT2D eigenvalue weighted by atomic mass is 32.2. The van der Waals surface area contributed by atoms with Crippen molar-refractivity contribution in [1.82, 2.24) is 9.55 Å². The molecule has 2 atom stereocenters. The minimum absolute atomic E-state index is 0.0728. The van der Waals surface area contributed by atoms with Crippen molar-refractivity contribution >= 4 is 40.3 Å². The zero-order chi connectivity index (χ0) is 23.5. The number of pyridine rings is 1. The van der Waals surface area contributed by atoms with Gasteiger partial charge in [0.2, 0.25) is 0 Å². The summed E-state index contributed by atoms with van der Waals surface area (Å²) >= 11 is 1.40. The average molecular weight is 472 g/mol. The van der Waals surface area contributed by atoms with E-state index in [0.29, 0.717) is 12.2 Å². The summed E-state index contributed by atoms with van der Waals surface area (Å²) < 4.78 is 1.77. The molecule has 1 saturated heterocycles. The second-order valence-corrected chi connectivity index (χ2v) is 9.64. The number of quaternary nitrogens is 1. The first-order chi connectivity index (χ1) is 16.6. The molecule has 2 aromatic carbocycles. The van der Waals surface area contributed by atoms with Gasteiger partial charge in [-0.25, -0.2) is 14.6 Å². The van der Waals surface area contributed by atoms with Crippen LogP contribution < -0.4 is 5.32 Å². The van der Waals surface area contributed by atoms with E-state index in [0.717, 1.165) is 34.5 Å². The smallest absolute Gasteiger partial charge is 0.322 e. The Morgan fingerprint density at radius 3 is 2.59 bits per heavy atom. The number of carbonyl (C=O) groups is 2. The second kappa shape index (κ2) is 9.44. The van der Waals surface area contributed by atoms with Crippen LogP contribution in [0.5, 0.6) is 0 Å². The molecule has 34 heavy (non-hydrogen) atoms. The molecule has 3 amide bonds. The van der Waals surface area contributed by atoms with E-state index in [9.17, 15) is 9.59 Å². The van der Waals surface area contributed by atoms with E-state index in [2.05, 4.69) is 10.3 Å². The van der Waals surface area contributed by atoms with Crippen molar-refractivity contribution in [1.29, 1.82) is 0 Å². The summed E-state index contributed by atoms with van der Waals surface area (Å²) in [6.45, 7) is 2.52. The Hall–Kier alpha value is -3.42. The van der Waals surface area contributed by atoms with Crippen LogP contribution in [-0.2, 0) is 4.79 Å². The van der Waals surface area contributed by atoms with E-state index in [1.165, 1.54) is 11.8 Å². The third-order valence-electron chi connectivity index (χ3n) is 6.64. The summed E-state index contributed by atoms with van der Waals surface area (Å²) in [7, 11) is 0. The summed E-state index contributed by atoms with van der Waals surface area (Å²) in [5.74, 6) is 0.114. The number of amides is 3. The van der Waals surface area contributed by atoms with Gasteiger partial charge in [-0.15, -0.1) is 0 Å². The van der Waals surface area contributed by atoms with Gasteiger partial charge in [0, 0.05) is 30.6 Å². The van der Waals surface area contributed by atoms with Crippen LogP contribution in [0.3, 0.4) is 0 Å². The zero-order valence-electron chi connectivity index (χ0n) is 19.1. The number of nitrogens with zero attached hydrogens (tertiary/aromatic N) is 3. The predicted molar refractivity (Wildman–Crippen MR) is 136 cm³/mol. The molecule has 1 aliphatic heterocycles. The maximum Gasteiger partial charge on any atom is 0.428 e. The van der Waals surface area contributed by atoms with Gasteiger partial charge in [-0.3, -0.25) is 5.32 Å². The number of hydrogen-bond donors (Lipinski definition) is 1. The number of nitrogens with one attached hydrogen (secondary N) is 1. The number of fused-ring (bicyclic) bond motifs is 1. The molecule has 0 bridgehead atoms. The van der Waals surface area contributed by atoms with Gasteiger partial charge < -0.3 is 4.57 Å². The van der Waals surface area contributed by atoms with Gasteiger partial charge >= 0.3 is 11.9 Å². The van der Waals surface area contributed by atoms with Gasteiger partial charge in [0.15, 0.2) is 0 Å². The Balaban J connectivity index is 1.37. The van der Waals surface area contributed by atoms with Crippen molar-refractivity contribution < 1.29 is 14.1 Å². The first-order valence-corrected chi connectivity index (χ1v) is 12.5. The molecule has 4 aromatic rings. The fourth-order valence-corrected chi connectivity index (χ4v) is 5.58. The molecule has 7 heteroatoms. The number of urea groups is 1. The van der Waals surface area contributed by atoms with Crippen LogP contribution in [0.15, 0.2) is 90.2 Å². The van der Waals surface area contributed by atoms with Crippen molar-refractivity contribution in [3.05, 3.63) is 85.2 Å². The van der Waals surface area contributed by atoms with Crippen molar-refractivity contribution in [2.45, 2.75) is 30.8 Å². The molecule has 3 heterocycles. The molecule has 0 spiro atoms. The molecule has 5 rings (SSSR count). The highest BCUT2D eigenvalue weighted by molar-refractivity contribution is 7.99. The highest BCUT2D eigenvalue weighted by Crippen LogP contribution is 2.32. The highest BCUT2D eigenvalue weighted by Gasteiger charge is 2.52. The van der Waals surface area contributed by atoms with Crippen molar-refractivity contribution in [3.63, 3.8) is 0 Å². The Bertz CT molecular complexity index is 1340. The summed E-state index contributed by atoms with van der Waals surface area (Å²) in [4.78, 5) is 32.0. The van der Waals surface area contributed by atoms with Crippen LogP contribution in [0.2, 0.25) is 0 Å². The third kappa shape index (κ3) is 4.13. The maximum atomic E-state index is 13.7. The predicted octanol–water partition coefficient (Wildman–Crippen LogP) is 5.88. The van der Waals surface area contributed by atoms with Gasteiger partial charge in [0.05, 0.1) is 28.5 Å². The lowest BCUT2D eigenvalue weighted by Crippen LogP contribution is -2.61. The van der Waals surface area contributed by atoms with Crippen molar-refractivity contribution in [3.8, 4) is 5.69 Å². The lowest BCUT2D eigenvalue weighted by atomic mass is 10.2. The molecule has 6 nitrogen and oxygen atoms in total. The monoisotopic (exact) mass is 471 g/mol. The zero-order valence-corrected chi connectivity index (χ0v) is 19.9. The fraction of sp³-hybridized carbons (Fsp3) is 0.222. The summed E-state index contributed by atoms with van der Waals surface area (Å²) in [5, 5.41) is 4.93. The number of imide groups is 1. The first-order valence-electron chi connectivity index (χ1n) is 11.5. The van der Waals surface area contributed by atoms with Crippen molar-refractivity contribution in [2.24, 2.45) is 0 Å². The van der Waals surface area contributed by atoms with Crippen molar-refractivity contribution in [2.75, 3.05) is 17.6 Å². The number of thioether (sulfide) groups is 1. The molecular weight excluding hydrogens is 444 g/mol. The van der Waals surface area contributed by atoms with Crippen LogP contribution in [0.25, 0.3) is 16.6 Å². The first kappa shape index (κ1) is 22.4. The van der Waals surface area contributed by atoms with E-state index in [1.54, 1.807) is 0 Å². The molecule has 0 aliphatic carbocycles. The van der Waals surface area contributed by atoms with Crippen LogP contribution >= 0.6 is 11.8 Å². The number of aromatic nitrogens is 2. The van der Waals surface area contributed by atoms with Gasteiger partial charge in [0.1, 0.15) is 11.8 Å². The second-order valence-electron chi connectivity index (χ2n) is 8.65. The van der Waals surface area contributed by atoms with Gasteiger partial charge in [-0.05, 0) is 43.3 Å². The minimum Gasteiger partial charge on any atom is -0.322 e. The molecule has 172 valence electrons. The number of benzene rings is 2. The summed E-state index contributed by atoms with van der Waals surface area (Å²) in [5.41, 5.74) is 2.46. The molecular formula is C27H27N4O2S+. The SMILES string of the molecule is C[C@@H]1CCC[N+]1(C(=O)CSc1ccc2ccccc2n1)C(=O)Nc1ccccc1-n1cccc1. The van der Waals surface area contributed by atoms with Crippen LogP contribution in [0, 0.1) is 0 Å². The number of carbonyl (C=O) groups excluding carboxylic acids is 2. The Labute approximate surface area is 203 Å². The van der Waals surface area contributed by atoms with Crippen LogP contribution in [0.4, 0.5) is 10.5 Å². The molecule has 0 saturated carbocycles. The lowest BCUT2D eigenvalue weighted by Gasteiger charge is -2.33. The topological polar surface area (TPSA) is 64.0 Å². The molecule has 2 aromatic heterocycles. The molecule has 0 radical (unpaired) electrons. The normalized spacial score (nSPS) is 19.9. The lowest BCUT2D eigenvalue weighted by molar-refractivity contribution is -0.781. The quantitative estimate of drug-likeness (QED) is 0.292. The van der Waals surface area contributed by atoms with E-state index >= 15 is 0 Å². The number of likely N-dealkylation sites (tertiary alicyclic amines) is 1. The fourth-order valence-electron chi connectivity index (χ4n) is 4.76. The standard InChI is InChI=1S/C27H26N4O2S/c1-20-9-8-18-31(20,26(32)19-34-25-15-14-21-10-2-3-11-22(21)28-25)27(33)29-23-12-4-5-13-24(23)30-16-6-7-17-30/h2-7,10-17,20H,8-9,18-19H2,1H3/p+1/t20-,31?/m1/s1. The Morgan fingerprint density at radius 1 is 1.03 bits per heavy atom. The van der Waals surface area contributed by atoms with E-state index in [1.807, 2.05) is 96.7 Å². The van der Waals surface area contributed by atoms with Gasteiger partial charge in [-0.1, -0.05) is 48.2 Å². The Morgan fingerprint density at radius 2 is 1.79 bits per heavy atom.